The molecule has 160 valence electrons. The third-order valence-electron chi connectivity index (χ3n) is 9.72. The summed E-state index contributed by atoms with van der Waals surface area (Å²) in [4.78, 5) is 11.6. The third-order valence-corrected chi connectivity index (χ3v) is 9.72. The molecule has 0 aromatic heterocycles. The van der Waals surface area contributed by atoms with Crippen molar-refractivity contribution in [2.45, 2.75) is 96.4 Å². The summed E-state index contributed by atoms with van der Waals surface area (Å²) in [5.74, 6) is 0.782. The third kappa shape index (κ3) is 2.79. The summed E-state index contributed by atoms with van der Waals surface area (Å²) in [6.45, 7) is 5.96. The summed E-state index contributed by atoms with van der Waals surface area (Å²) in [6.07, 6.45) is 7.30. The molecule has 0 aliphatic heterocycles. The maximum absolute atomic E-state index is 12.1. The average molecular weight is 395 g/mol. The molecular weight excluding hydrogens is 356 g/mol. The number of aliphatic hydroxyl groups excluding tert-OH is 2. The Morgan fingerprint density at radius 1 is 1.11 bits per heavy atom. The van der Waals surface area contributed by atoms with Crippen molar-refractivity contribution in [3.8, 4) is 0 Å². The number of carbonyl (C=O) groups is 1. The van der Waals surface area contributed by atoms with E-state index >= 15 is 0 Å². The highest BCUT2D eigenvalue weighted by Gasteiger charge is 2.68. The van der Waals surface area contributed by atoms with Gasteiger partial charge in [0.1, 0.15) is 0 Å². The Morgan fingerprint density at radius 3 is 2.54 bits per heavy atom. The van der Waals surface area contributed by atoms with Crippen LogP contribution in [0.1, 0.15) is 78.6 Å². The molecule has 0 aromatic carbocycles. The van der Waals surface area contributed by atoms with E-state index in [4.69, 9.17) is 4.74 Å². The van der Waals surface area contributed by atoms with Crippen LogP contribution < -0.4 is 0 Å². The number of esters is 1. The van der Waals surface area contributed by atoms with E-state index in [2.05, 4.69) is 6.92 Å². The molecule has 0 bridgehead atoms. The van der Waals surface area contributed by atoms with Crippen molar-refractivity contribution >= 4 is 5.97 Å². The lowest BCUT2D eigenvalue weighted by Gasteiger charge is -2.64. The topological polar surface area (TPSA) is 87.0 Å². The Balaban J connectivity index is 1.68. The van der Waals surface area contributed by atoms with Crippen molar-refractivity contribution in [1.82, 2.24) is 0 Å². The van der Waals surface area contributed by atoms with Crippen LogP contribution in [0.5, 0.6) is 0 Å². The average Bonchev–Trinajstić information content (AvgIpc) is 2.91. The Morgan fingerprint density at radius 2 is 1.86 bits per heavy atom. The molecule has 4 fully saturated rings. The van der Waals surface area contributed by atoms with Gasteiger partial charge >= 0.3 is 5.97 Å². The Bertz CT molecular complexity index is 620. The summed E-state index contributed by atoms with van der Waals surface area (Å²) >= 11 is 0. The summed E-state index contributed by atoms with van der Waals surface area (Å²) in [5.41, 5.74) is -1.11. The SMILES string of the molecule is CC(=O)OC[C@]12CCC(O)CC1CC[C@@H]1[C@@H]2CC[C@]2(C)[C@@H](C(C)O)CC[C@@]12O. The first kappa shape index (κ1) is 20.6. The Kier molecular flexibility index (Phi) is 5.12. The number of aliphatic hydroxyl groups is 3. The fourth-order valence-electron chi connectivity index (χ4n) is 8.33. The molecule has 4 saturated carbocycles. The van der Waals surface area contributed by atoms with Crippen LogP contribution in [0.15, 0.2) is 0 Å². The van der Waals surface area contributed by atoms with Gasteiger partial charge in [-0.2, -0.15) is 0 Å². The van der Waals surface area contributed by atoms with E-state index in [1.54, 1.807) is 0 Å². The van der Waals surface area contributed by atoms with Crippen molar-refractivity contribution in [2.24, 2.45) is 34.5 Å². The van der Waals surface area contributed by atoms with Crippen molar-refractivity contribution in [2.75, 3.05) is 6.61 Å². The highest BCUT2D eigenvalue weighted by atomic mass is 16.5. The van der Waals surface area contributed by atoms with Gasteiger partial charge in [0.2, 0.25) is 0 Å². The molecule has 3 unspecified atom stereocenters. The number of hydrogen-bond acceptors (Lipinski definition) is 5. The largest absolute Gasteiger partial charge is 0.465 e. The summed E-state index contributed by atoms with van der Waals surface area (Å²) in [7, 11) is 0. The first-order valence-corrected chi connectivity index (χ1v) is 11.4. The highest BCUT2D eigenvalue weighted by molar-refractivity contribution is 5.65. The van der Waals surface area contributed by atoms with Crippen LogP contribution in [-0.2, 0) is 9.53 Å². The minimum Gasteiger partial charge on any atom is -0.465 e. The van der Waals surface area contributed by atoms with E-state index < -0.39 is 11.7 Å². The molecule has 4 aliphatic carbocycles. The Hall–Kier alpha value is -0.650. The van der Waals surface area contributed by atoms with Crippen LogP contribution in [0, 0.1) is 34.5 Å². The van der Waals surface area contributed by atoms with Crippen molar-refractivity contribution in [3.63, 3.8) is 0 Å². The molecule has 0 heterocycles. The second-order valence-electron chi connectivity index (χ2n) is 10.7. The molecule has 5 heteroatoms. The van der Waals surface area contributed by atoms with Gasteiger partial charge in [-0.05, 0) is 88.4 Å². The first-order valence-electron chi connectivity index (χ1n) is 11.4. The van der Waals surface area contributed by atoms with Gasteiger partial charge in [-0.3, -0.25) is 4.79 Å². The lowest BCUT2D eigenvalue weighted by atomic mass is 9.43. The maximum atomic E-state index is 12.1. The number of hydrogen-bond donors (Lipinski definition) is 3. The lowest BCUT2D eigenvalue weighted by molar-refractivity contribution is -0.228. The van der Waals surface area contributed by atoms with Gasteiger partial charge in [-0.15, -0.1) is 0 Å². The van der Waals surface area contributed by atoms with E-state index in [9.17, 15) is 20.1 Å². The Labute approximate surface area is 168 Å². The fourth-order valence-corrected chi connectivity index (χ4v) is 8.33. The minimum absolute atomic E-state index is 0.117. The van der Waals surface area contributed by atoms with E-state index in [0.29, 0.717) is 18.4 Å². The smallest absolute Gasteiger partial charge is 0.302 e. The fraction of sp³-hybridized carbons (Fsp3) is 0.957. The summed E-state index contributed by atoms with van der Waals surface area (Å²) in [6, 6.07) is 0. The monoisotopic (exact) mass is 394 g/mol. The van der Waals surface area contributed by atoms with Gasteiger partial charge in [0.15, 0.2) is 0 Å². The van der Waals surface area contributed by atoms with E-state index in [0.717, 1.165) is 57.8 Å². The molecule has 4 rings (SSSR count). The number of ether oxygens (including phenoxy) is 1. The zero-order chi connectivity index (χ0) is 20.3. The van der Waals surface area contributed by atoms with Gasteiger partial charge < -0.3 is 20.1 Å². The molecule has 0 radical (unpaired) electrons. The van der Waals surface area contributed by atoms with Gasteiger partial charge in [0.05, 0.1) is 24.4 Å². The van der Waals surface area contributed by atoms with Gasteiger partial charge in [-0.1, -0.05) is 6.92 Å². The standard InChI is InChI=1S/C23H38O5/c1-14(24)18-8-11-23(27)20-5-4-16-12-17(26)6-10-22(16,13-28-15(2)25)19(20)7-9-21(18,23)3/h14,16-20,24,26-27H,4-13H2,1-3H3/t14?,16?,17?,18-,19+,20-,21-,22-,23-/m1/s1. The number of fused-ring (bicyclic) bond motifs is 5. The van der Waals surface area contributed by atoms with Crippen LogP contribution in [0.2, 0.25) is 0 Å². The second kappa shape index (κ2) is 6.95. The zero-order valence-corrected chi connectivity index (χ0v) is 17.7. The van der Waals surface area contributed by atoms with Crippen molar-refractivity contribution < 1.29 is 24.9 Å². The minimum atomic E-state index is -0.748. The molecule has 0 spiro atoms. The van der Waals surface area contributed by atoms with Crippen molar-refractivity contribution in [1.29, 1.82) is 0 Å². The second-order valence-corrected chi connectivity index (χ2v) is 10.7. The van der Waals surface area contributed by atoms with Crippen LogP contribution in [0.25, 0.3) is 0 Å². The molecule has 4 aliphatic rings. The van der Waals surface area contributed by atoms with E-state index in [1.807, 2.05) is 6.92 Å². The molecule has 0 amide bonds. The zero-order valence-electron chi connectivity index (χ0n) is 17.7. The molecule has 3 N–H and O–H groups in total. The highest BCUT2D eigenvalue weighted by Crippen LogP contribution is 2.69. The van der Waals surface area contributed by atoms with Crippen LogP contribution >= 0.6 is 0 Å². The molecule has 28 heavy (non-hydrogen) atoms. The molecule has 0 saturated heterocycles. The maximum Gasteiger partial charge on any atom is 0.302 e. The van der Waals surface area contributed by atoms with Crippen LogP contribution in [0.3, 0.4) is 0 Å². The van der Waals surface area contributed by atoms with E-state index in [1.165, 1.54) is 6.92 Å². The number of carbonyl (C=O) groups excluding carboxylic acids is 1. The molecule has 0 aromatic rings. The predicted octanol–water partition coefficient (Wildman–Crippen LogP) is 3.05. The van der Waals surface area contributed by atoms with Crippen LogP contribution in [-0.4, -0.2) is 45.7 Å². The summed E-state index contributed by atoms with van der Waals surface area (Å²) < 4.78 is 5.61. The van der Waals surface area contributed by atoms with Gasteiger partial charge in [0, 0.05) is 17.8 Å². The van der Waals surface area contributed by atoms with E-state index in [-0.39, 0.29) is 34.7 Å². The van der Waals surface area contributed by atoms with Crippen LogP contribution in [0.4, 0.5) is 0 Å². The number of rotatable bonds is 3. The predicted molar refractivity (Wildman–Crippen MR) is 105 cm³/mol. The molecule has 9 atom stereocenters. The van der Waals surface area contributed by atoms with Crippen molar-refractivity contribution in [3.05, 3.63) is 0 Å². The summed E-state index contributed by atoms with van der Waals surface area (Å²) in [5, 5.41) is 32.7. The first-order chi connectivity index (χ1) is 13.1. The molecular formula is C23H38O5. The quantitative estimate of drug-likeness (QED) is 0.641. The normalized spacial score (nSPS) is 51.6. The molecule has 5 nitrogen and oxygen atoms in total. The lowest BCUT2D eigenvalue weighted by Crippen LogP contribution is -2.64. The van der Waals surface area contributed by atoms with Gasteiger partial charge in [-0.25, -0.2) is 0 Å². The van der Waals surface area contributed by atoms with Gasteiger partial charge in [0.25, 0.3) is 0 Å².